The fourth-order valence-electron chi connectivity index (χ4n) is 3.27. The first-order chi connectivity index (χ1) is 16.8. The largest absolute Gasteiger partial charge is 0.479 e. The quantitative estimate of drug-likeness (QED) is 0.337. The van der Waals surface area contributed by atoms with Gasteiger partial charge in [-0.15, -0.1) is 5.10 Å². The summed E-state index contributed by atoms with van der Waals surface area (Å²) in [6.45, 7) is 0. The van der Waals surface area contributed by atoms with Crippen molar-refractivity contribution in [3.05, 3.63) is 65.3 Å². The SMILES string of the molecule is COc1n[nH]c2ncc(-c3nc(-c4c(F)ccc(NS(=O)(=O)c5cccc(Cl)c5)c4F)no3)cc12. The van der Waals surface area contributed by atoms with E-state index >= 15 is 4.39 Å². The number of nitrogens with zero attached hydrogens (tertiary/aromatic N) is 4. The van der Waals surface area contributed by atoms with Crippen LogP contribution in [0.1, 0.15) is 0 Å². The third kappa shape index (κ3) is 4.15. The Hall–Kier alpha value is -4.10. The molecule has 5 rings (SSSR count). The first-order valence-corrected chi connectivity index (χ1v) is 11.6. The maximum Gasteiger partial charge on any atom is 0.262 e. The Balaban J connectivity index is 1.51. The van der Waals surface area contributed by atoms with E-state index in [9.17, 15) is 12.8 Å². The minimum absolute atomic E-state index is 0.0821. The lowest BCUT2D eigenvalue weighted by atomic mass is 10.1. The van der Waals surface area contributed by atoms with Gasteiger partial charge < -0.3 is 9.26 Å². The van der Waals surface area contributed by atoms with Crippen LogP contribution in [0.3, 0.4) is 0 Å². The third-order valence-corrected chi connectivity index (χ3v) is 6.51. The Bertz CT molecular complexity index is 1690. The number of anilines is 1. The highest BCUT2D eigenvalue weighted by atomic mass is 35.5. The number of H-pyrrole nitrogens is 1. The van der Waals surface area contributed by atoms with Crippen LogP contribution in [0.2, 0.25) is 5.02 Å². The molecule has 0 amide bonds. The topological polar surface area (TPSA) is 136 Å². The number of benzene rings is 2. The van der Waals surface area contributed by atoms with Crippen molar-refractivity contribution >= 4 is 38.3 Å². The van der Waals surface area contributed by atoms with Crippen molar-refractivity contribution in [1.29, 1.82) is 0 Å². The Morgan fingerprint density at radius 1 is 1.17 bits per heavy atom. The second-order valence-corrected chi connectivity index (χ2v) is 9.24. The van der Waals surface area contributed by atoms with Gasteiger partial charge in [-0.3, -0.25) is 9.82 Å². The van der Waals surface area contributed by atoms with Crippen molar-refractivity contribution in [2.75, 3.05) is 11.8 Å². The van der Waals surface area contributed by atoms with E-state index in [1.165, 1.54) is 37.6 Å². The van der Waals surface area contributed by atoms with Gasteiger partial charge in [0, 0.05) is 11.2 Å². The van der Waals surface area contributed by atoms with Crippen LogP contribution in [-0.2, 0) is 10.0 Å². The number of sulfonamides is 1. The van der Waals surface area contributed by atoms with Gasteiger partial charge in [0.25, 0.3) is 15.9 Å². The summed E-state index contributed by atoms with van der Waals surface area (Å²) < 4.78 is 67.6. The molecule has 5 aromatic rings. The van der Waals surface area contributed by atoms with E-state index in [0.717, 1.165) is 12.1 Å². The number of aromatic nitrogens is 5. The second-order valence-electron chi connectivity index (χ2n) is 7.12. The summed E-state index contributed by atoms with van der Waals surface area (Å²) in [5, 5.41) is 11.0. The van der Waals surface area contributed by atoms with Crippen molar-refractivity contribution in [3.63, 3.8) is 0 Å². The van der Waals surface area contributed by atoms with Gasteiger partial charge in [-0.2, -0.15) is 4.98 Å². The lowest BCUT2D eigenvalue weighted by Gasteiger charge is -2.11. The van der Waals surface area contributed by atoms with Gasteiger partial charge in [0.2, 0.25) is 11.7 Å². The van der Waals surface area contributed by atoms with E-state index in [4.69, 9.17) is 20.9 Å². The van der Waals surface area contributed by atoms with Gasteiger partial charge in [-0.05, 0) is 36.4 Å². The number of ether oxygens (including phenoxy) is 1. The highest BCUT2D eigenvalue weighted by molar-refractivity contribution is 7.92. The Morgan fingerprint density at radius 3 is 2.77 bits per heavy atom. The summed E-state index contributed by atoms with van der Waals surface area (Å²) in [6, 6.07) is 8.81. The first kappa shape index (κ1) is 22.7. The van der Waals surface area contributed by atoms with Gasteiger partial charge in [0.15, 0.2) is 11.5 Å². The minimum Gasteiger partial charge on any atom is -0.479 e. The molecule has 2 N–H and O–H groups in total. The average molecular weight is 519 g/mol. The number of fused-ring (bicyclic) bond motifs is 1. The Labute approximate surface area is 201 Å². The third-order valence-electron chi connectivity index (χ3n) is 4.91. The summed E-state index contributed by atoms with van der Waals surface area (Å²) in [5.41, 5.74) is -0.406. The highest BCUT2D eigenvalue weighted by Gasteiger charge is 2.24. The van der Waals surface area contributed by atoms with E-state index in [2.05, 4.69) is 30.0 Å². The van der Waals surface area contributed by atoms with E-state index in [-0.39, 0.29) is 21.7 Å². The zero-order chi connectivity index (χ0) is 24.7. The fourth-order valence-corrected chi connectivity index (χ4v) is 4.63. The van der Waals surface area contributed by atoms with Crippen molar-refractivity contribution < 1.29 is 26.5 Å². The number of hydrogen-bond donors (Lipinski definition) is 2. The Kier molecular flexibility index (Phi) is 5.57. The summed E-state index contributed by atoms with van der Waals surface area (Å²) in [6.07, 6.45) is 1.40. The van der Waals surface area contributed by atoms with Crippen molar-refractivity contribution in [1.82, 2.24) is 25.3 Å². The summed E-state index contributed by atoms with van der Waals surface area (Å²) in [7, 11) is -2.78. The molecular formula is C21H13ClF2N6O4S. The van der Waals surface area contributed by atoms with Crippen LogP contribution in [-0.4, -0.2) is 40.8 Å². The molecule has 0 aliphatic rings. The predicted octanol–water partition coefficient (Wildman–Crippen LogP) is 4.42. The van der Waals surface area contributed by atoms with Crippen LogP contribution in [0.15, 0.2) is 58.1 Å². The smallest absolute Gasteiger partial charge is 0.262 e. The molecule has 0 bridgehead atoms. The summed E-state index contributed by atoms with van der Waals surface area (Å²) in [5.74, 6) is -2.48. The molecule has 3 aromatic heterocycles. The number of rotatable bonds is 6. The highest BCUT2D eigenvalue weighted by Crippen LogP contribution is 2.32. The average Bonchev–Trinajstić information content (AvgIpc) is 3.48. The number of aromatic amines is 1. The molecule has 0 fully saturated rings. The van der Waals surface area contributed by atoms with Gasteiger partial charge in [-0.25, -0.2) is 22.2 Å². The normalized spacial score (nSPS) is 11.7. The van der Waals surface area contributed by atoms with Crippen molar-refractivity contribution in [2.45, 2.75) is 4.90 Å². The first-order valence-electron chi connectivity index (χ1n) is 9.76. The van der Waals surface area contributed by atoms with Crippen LogP contribution >= 0.6 is 11.6 Å². The van der Waals surface area contributed by atoms with E-state index in [0.29, 0.717) is 16.6 Å². The van der Waals surface area contributed by atoms with Gasteiger partial charge in [-0.1, -0.05) is 22.8 Å². The zero-order valence-corrected chi connectivity index (χ0v) is 19.2. The van der Waals surface area contributed by atoms with Crippen molar-refractivity contribution in [2.24, 2.45) is 0 Å². The van der Waals surface area contributed by atoms with Crippen LogP contribution in [0, 0.1) is 11.6 Å². The van der Waals surface area contributed by atoms with E-state index < -0.39 is 38.7 Å². The number of pyridine rings is 1. The molecular weight excluding hydrogens is 506 g/mol. The molecule has 10 nitrogen and oxygen atoms in total. The van der Waals surface area contributed by atoms with Crippen LogP contribution in [0.4, 0.5) is 14.5 Å². The number of hydrogen-bond acceptors (Lipinski definition) is 8. The molecule has 0 spiro atoms. The molecule has 0 aliphatic carbocycles. The van der Waals surface area contributed by atoms with E-state index in [1.807, 2.05) is 0 Å². The molecule has 14 heteroatoms. The molecule has 35 heavy (non-hydrogen) atoms. The van der Waals surface area contributed by atoms with Crippen molar-refractivity contribution in [3.8, 4) is 28.7 Å². The zero-order valence-electron chi connectivity index (χ0n) is 17.6. The van der Waals surface area contributed by atoms with Crippen LogP contribution in [0.25, 0.3) is 33.9 Å². The molecule has 0 aliphatic heterocycles. The van der Waals surface area contributed by atoms with Gasteiger partial charge in [0.1, 0.15) is 5.82 Å². The standard InChI is InChI=1S/C21H13ClF2N6O4S/c1-33-21-13-7-10(9-25-18(13)27-28-21)20-26-19(29-34-20)16-14(23)5-6-15(17(16)24)30-35(31,32)12-4-2-3-11(22)8-12/h2-9,30H,1H3,(H,25,27,28). The Morgan fingerprint density at radius 2 is 2.00 bits per heavy atom. The monoisotopic (exact) mass is 518 g/mol. The van der Waals surface area contributed by atoms with Crippen LogP contribution in [0.5, 0.6) is 5.88 Å². The maximum absolute atomic E-state index is 15.3. The summed E-state index contributed by atoms with van der Waals surface area (Å²) in [4.78, 5) is 8.04. The molecule has 0 saturated carbocycles. The van der Waals surface area contributed by atoms with E-state index in [1.54, 1.807) is 6.07 Å². The fraction of sp³-hybridized carbons (Fsp3) is 0.0476. The minimum atomic E-state index is -4.22. The maximum atomic E-state index is 15.3. The summed E-state index contributed by atoms with van der Waals surface area (Å²) >= 11 is 5.85. The lowest BCUT2D eigenvalue weighted by Crippen LogP contribution is -2.14. The van der Waals surface area contributed by atoms with Crippen LogP contribution < -0.4 is 9.46 Å². The lowest BCUT2D eigenvalue weighted by molar-refractivity contribution is 0.401. The van der Waals surface area contributed by atoms with Gasteiger partial charge in [0.05, 0.1) is 34.2 Å². The number of nitrogens with one attached hydrogen (secondary N) is 2. The molecule has 0 atom stereocenters. The molecule has 0 radical (unpaired) electrons. The predicted molar refractivity (Wildman–Crippen MR) is 121 cm³/mol. The number of halogens is 3. The number of methoxy groups -OCH3 is 1. The molecule has 178 valence electrons. The molecule has 0 saturated heterocycles. The van der Waals surface area contributed by atoms with Gasteiger partial charge >= 0.3 is 0 Å². The second kappa shape index (κ2) is 8.60. The molecule has 3 heterocycles. The molecule has 2 aromatic carbocycles. The molecule has 0 unspecified atom stereocenters.